The van der Waals surface area contributed by atoms with Gasteiger partial charge in [0.1, 0.15) is 11.6 Å². The van der Waals surface area contributed by atoms with Crippen LogP contribution in [0.15, 0.2) is 46.2 Å². The van der Waals surface area contributed by atoms with Crippen molar-refractivity contribution in [3.63, 3.8) is 0 Å². The van der Waals surface area contributed by atoms with Crippen LogP contribution in [0.4, 0.5) is 0 Å². The number of likely N-dealkylation sites (tertiary alicyclic amines) is 1. The third-order valence-electron chi connectivity index (χ3n) is 5.89. The van der Waals surface area contributed by atoms with E-state index in [0.29, 0.717) is 27.8 Å². The number of nitrogens with one attached hydrogen (secondary N) is 1. The lowest BCUT2D eigenvalue weighted by Crippen LogP contribution is -2.38. The van der Waals surface area contributed by atoms with Gasteiger partial charge in [0.25, 0.3) is 5.91 Å². The number of nitrogen functional groups attached to an aromatic ring is 1. The fourth-order valence-electron chi connectivity index (χ4n) is 3.88. The number of rotatable bonds is 6. The molecule has 3 heterocycles. The molecular weight excluding hydrogens is 480 g/mol. The molecule has 3 N–H and O–H groups in total. The van der Waals surface area contributed by atoms with E-state index in [9.17, 15) is 14.4 Å². The Labute approximate surface area is 212 Å². The number of hydrogen-bond donors (Lipinski definition) is 2. The minimum Gasteiger partial charge on any atom is -0.469 e. The zero-order valence-corrected chi connectivity index (χ0v) is 21.4. The van der Waals surface area contributed by atoms with Crippen LogP contribution in [0.3, 0.4) is 0 Å². The molecule has 1 aliphatic heterocycles. The van der Waals surface area contributed by atoms with E-state index >= 15 is 0 Å². The van der Waals surface area contributed by atoms with Gasteiger partial charge in [-0.3, -0.25) is 19.8 Å². The molecule has 10 nitrogen and oxygen atoms in total. The van der Waals surface area contributed by atoms with Crippen molar-refractivity contribution in [3.05, 3.63) is 64.9 Å². The standard InChI is InChI=1S/C25H28N6O4S/c1-14-17(9-10-35-14)22(33)31-24(36-13-15-5-7-16(8-6-15)20(26)27)28-21(29-31)18-11-30(12-19(18)32)23(34)25(2,3)4/h5-10,18H,11-13H2,1-4H3,(H3,26,27). The van der Waals surface area contributed by atoms with Crippen molar-refractivity contribution in [1.82, 2.24) is 19.7 Å². The van der Waals surface area contributed by atoms with Crippen LogP contribution in [0, 0.1) is 17.7 Å². The lowest BCUT2D eigenvalue weighted by Gasteiger charge is -2.24. The molecule has 11 heteroatoms. The molecule has 0 bridgehead atoms. The van der Waals surface area contributed by atoms with E-state index < -0.39 is 17.2 Å². The van der Waals surface area contributed by atoms with Crippen LogP contribution in [0.1, 0.15) is 59.8 Å². The Bertz CT molecular complexity index is 1340. The summed E-state index contributed by atoms with van der Waals surface area (Å²) in [5.74, 6) is -0.270. The van der Waals surface area contributed by atoms with Gasteiger partial charge in [-0.25, -0.2) is 4.98 Å². The van der Waals surface area contributed by atoms with Gasteiger partial charge in [-0.05, 0) is 18.6 Å². The number of Topliss-reactive ketones (excluding diaryl/α,β-unsaturated/α-hetero) is 1. The first-order valence-electron chi connectivity index (χ1n) is 11.4. The summed E-state index contributed by atoms with van der Waals surface area (Å²) in [5, 5.41) is 12.3. The van der Waals surface area contributed by atoms with E-state index in [1.807, 2.05) is 32.9 Å². The highest BCUT2D eigenvalue weighted by atomic mass is 32.2. The van der Waals surface area contributed by atoms with Crippen molar-refractivity contribution in [2.75, 3.05) is 13.1 Å². The molecule has 0 radical (unpaired) electrons. The summed E-state index contributed by atoms with van der Waals surface area (Å²) in [6, 6.07) is 8.78. The summed E-state index contributed by atoms with van der Waals surface area (Å²) in [6.07, 6.45) is 1.43. The molecule has 188 valence electrons. The van der Waals surface area contributed by atoms with Crippen LogP contribution in [-0.2, 0) is 15.3 Å². The van der Waals surface area contributed by atoms with Crippen molar-refractivity contribution in [3.8, 4) is 0 Å². The topological polar surface area (TPSA) is 148 Å². The Morgan fingerprint density at radius 2 is 1.92 bits per heavy atom. The second kappa shape index (κ2) is 9.73. The molecule has 36 heavy (non-hydrogen) atoms. The van der Waals surface area contributed by atoms with Crippen LogP contribution >= 0.6 is 11.8 Å². The maximum Gasteiger partial charge on any atom is 0.284 e. The van der Waals surface area contributed by atoms with Crippen LogP contribution in [0.25, 0.3) is 0 Å². The van der Waals surface area contributed by atoms with Gasteiger partial charge >= 0.3 is 0 Å². The Morgan fingerprint density at radius 1 is 1.22 bits per heavy atom. The number of hydrogen-bond acceptors (Lipinski definition) is 8. The maximum atomic E-state index is 13.3. The molecule has 0 aliphatic carbocycles. The highest BCUT2D eigenvalue weighted by Gasteiger charge is 2.41. The summed E-state index contributed by atoms with van der Waals surface area (Å²) < 4.78 is 6.49. The first-order valence-corrected chi connectivity index (χ1v) is 12.4. The van der Waals surface area contributed by atoms with Crippen molar-refractivity contribution in [1.29, 1.82) is 5.41 Å². The SMILES string of the molecule is Cc1occc1C(=O)n1nc(C2CN(C(=O)C(C)(C)C)CC2=O)nc1SCc1ccc(C(=N)N)cc1. The Balaban J connectivity index is 1.62. The summed E-state index contributed by atoms with van der Waals surface area (Å²) in [6.45, 7) is 7.28. The van der Waals surface area contributed by atoms with Crippen molar-refractivity contribution in [2.24, 2.45) is 11.1 Å². The summed E-state index contributed by atoms with van der Waals surface area (Å²) in [5.41, 5.74) is 6.82. The van der Waals surface area contributed by atoms with E-state index in [4.69, 9.17) is 15.6 Å². The molecule has 1 aromatic carbocycles. The highest BCUT2D eigenvalue weighted by Crippen LogP contribution is 2.30. The number of carbonyl (C=O) groups excluding carboxylic acids is 3. The normalized spacial score (nSPS) is 15.9. The van der Waals surface area contributed by atoms with Crippen LogP contribution in [0.5, 0.6) is 0 Å². The van der Waals surface area contributed by atoms with E-state index in [2.05, 4.69) is 10.1 Å². The minimum atomic E-state index is -0.704. The summed E-state index contributed by atoms with van der Waals surface area (Å²) in [4.78, 5) is 45.0. The molecule has 1 amide bonds. The van der Waals surface area contributed by atoms with Gasteiger partial charge in [-0.15, -0.1) is 5.10 Å². The van der Waals surface area contributed by atoms with E-state index in [1.165, 1.54) is 27.6 Å². The number of amidine groups is 1. The van der Waals surface area contributed by atoms with Gasteiger partial charge in [0.2, 0.25) is 5.91 Å². The van der Waals surface area contributed by atoms with Gasteiger partial charge in [0.05, 0.1) is 24.3 Å². The highest BCUT2D eigenvalue weighted by molar-refractivity contribution is 7.98. The molecule has 2 aromatic heterocycles. The third kappa shape index (κ3) is 5.11. The minimum absolute atomic E-state index is 0.00489. The van der Waals surface area contributed by atoms with E-state index in [0.717, 1.165) is 5.56 Å². The van der Waals surface area contributed by atoms with Crippen LogP contribution in [0.2, 0.25) is 0 Å². The average Bonchev–Trinajstić information content (AvgIpc) is 3.54. The zero-order valence-electron chi connectivity index (χ0n) is 20.6. The molecule has 1 atom stereocenters. The monoisotopic (exact) mass is 508 g/mol. The van der Waals surface area contributed by atoms with Gasteiger partial charge in [-0.2, -0.15) is 4.68 Å². The fraction of sp³-hybridized carbons (Fsp3) is 0.360. The molecule has 0 saturated carbocycles. The quantitative estimate of drug-likeness (QED) is 0.293. The molecule has 1 fully saturated rings. The average molecular weight is 509 g/mol. The third-order valence-corrected chi connectivity index (χ3v) is 6.89. The zero-order chi connectivity index (χ0) is 26.2. The molecule has 3 aromatic rings. The Kier molecular flexibility index (Phi) is 6.85. The lowest BCUT2D eigenvalue weighted by atomic mass is 9.95. The number of furan rings is 1. The van der Waals surface area contributed by atoms with Gasteiger partial charge in [0.15, 0.2) is 16.8 Å². The number of amides is 1. The van der Waals surface area contributed by atoms with Crippen molar-refractivity contribution >= 4 is 35.2 Å². The molecule has 1 aliphatic rings. The maximum absolute atomic E-state index is 13.3. The lowest BCUT2D eigenvalue weighted by molar-refractivity contribution is -0.139. The number of nitrogens with two attached hydrogens (primary N) is 1. The fourth-order valence-corrected chi connectivity index (χ4v) is 4.77. The number of aryl methyl sites for hydroxylation is 1. The smallest absolute Gasteiger partial charge is 0.284 e. The predicted molar refractivity (Wildman–Crippen MR) is 134 cm³/mol. The number of benzene rings is 1. The second-order valence-electron chi connectivity index (χ2n) is 9.71. The largest absolute Gasteiger partial charge is 0.469 e. The molecule has 0 spiro atoms. The number of ketones is 1. The van der Waals surface area contributed by atoms with Crippen molar-refractivity contribution < 1.29 is 18.8 Å². The van der Waals surface area contributed by atoms with Gasteiger partial charge in [-0.1, -0.05) is 56.8 Å². The van der Waals surface area contributed by atoms with Gasteiger partial charge < -0.3 is 15.1 Å². The van der Waals surface area contributed by atoms with Crippen LogP contribution in [-0.4, -0.2) is 56.2 Å². The predicted octanol–water partition coefficient (Wildman–Crippen LogP) is 2.99. The first kappa shape index (κ1) is 25.4. The van der Waals surface area contributed by atoms with Crippen LogP contribution < -0.4 is 5.73 Å². The molecular formula is C25H28N6O4S. The number of nitrogens with zero attached hydrogens (tertiary/aromatic N) is 4. The summed E-state index contributed by atoms with van der Waals surface area (Å²) >= 11 is 1.30. The molecule has 1 unspecified atom stereocenters. The number of carbonyl (C=O) groups is 3. The Morgan fingerprint density at radius 3 is 2.50 bits per heavy atom. The van der Waals surface area contributed by atoms with E-state index in [-0.39, 0.29) is 36.4 Å². The number of thioether (sulfide) groups is 1. The molecule has 1 saturated heterocycles. The number of aromatic nitrogens is 3. The first-order chi connectivity index (χ1) is 17.0. The second-order valence-corrected chi connectivity index (χ2v) is 10.7. The molecule has 4 rings (SSSR count). The Hall–Kier alpha value is -3.73. The van der Waals surface area contributed by atoms with Gasteiger partial charge in [0, 0.05) is 23.3 Å². The van der Waals surface area contributed by atoms with E-state index in [1.54, 1.807) is 25.1 Å². The van der Waals surface area contributed by atoms with Crippen molar-refractivity contribution in [2.45, 2.75) is 44.5 Å². The summed E-state index contributed by atoms with van der Waals surface area (Å²) in [7, 11) is 0.